The third kappa shape index (κ3) is 3.08. The molecule has 0 aromatic heterocycles. The quantitative estimate of drug-likeness (QED) is 0.702. The van der Waals surface area contributed by atoms with Crippen molar-refractivity contribution in [2.45, 2.75) is 26.6 Å². The first-order valence-electron chi connectivity index (χ1n) is 5.27. The largest absolute Gasteiger partial charge is 0.457 e. The molecule has 5 nitrogen and oxygen atoms in total. The van der Waals surface area contributed by atoms with E-state index in [2.05, 4.69) is 0 Å². The summed E-state index contributed by atoms with van der Waals surface area (Å²) in [6.07, 6.45) is 2.13. The molecule has 0 aromatic rings. The Hall–Kier alpha value is -0.350. The van der Waals surface area contributed by atoms with Crippen LogP contribution in [0.2, 0.25) is 0 Å². The highest BCUT2D eigenvalue weighted by Gasteiger charge is 2.35. The third-order valence-electron chi connectivity index (χ3n) is 2.35. The van der Waals surface area contributed by atoms with E-state index in [4.69, 9.17) is 18.5 Å². The molecular formula is C10H19O5P. The second kappa shape index (κ2) is 5.82. The minimum Gasteiger partial charge on any atom is -0.457 e. The van der Waals surface area contributed by atoms with Gasteiger partial charge in [0, 0.05) is 27.2 Å². The number of hydrogen-bond acceptors (Lipinski definition) is 5. The van der Waals surface area contributed by atoms with Crippen LogP contribution in [0, 0.1) is 5.92 Å². The van der Waals surface area contributed by atoms with Gasteiger partial charge in [0.2, 0.25) is 11.8 Å². The van der Waals surface area contributed by atoms with Gasteiger partial charge in [-0.05, 0) is 18.9 Å². The van der Waals surface area contributed by atoms with Crippen molar-refractivity contribution < 1.29 is 23.1 Å². The van der Waals surface area contributed by atoms with Crippen molar-refractivity contribution >= 4 is 7.60 Å². The highest BCUT2D eigenvalue weighted by atomic mass is 31.2. The SMILES string of the molecule is CCO[C@@H]1C[C@@H](C)C=C(P(=O)(OC)OC)O1. The predicted octanol–water partition coefficient (Wildman–Crippen LogP) is 2.73. The Kier molecular flexibility index (Phi) is 4.99. The summed E-state index contributed by atoms with van der Waals surface area (Å²) in [4.78, 5) is 0. The Balaban J connectivity index is 2.83. The maximum absolute atomic E-state index is 12.1. The molecule has 1 heterocycles. The minimum atomic E-state index is -3.30. The summed E-state index contributed by atoms with van der Waals surface area (Å²) in [5, 5.41) is 0. The second-order valence-corrected chi connectivity index (χ2v) is 5.75. The average Bonchev–Trinajstić information content (AvgIpc) is 2.27. The van der Waals surface area contributed by atoms with Crippen molar-refractivity contribution in [3.63, 3.8) is 0 Å². The molecule has 0 aliphatic carbocycles. The lowest BCUT2D eigenvalue weighted by Gasteiger charge is -2.29. The van der Waals surface area contributed by atoms with Crippen LogP contribution in [0.15, 0.2) is 11.6 Å². The number of ether oxygens (including phenoxy) is 2. The van der Waals surface area contributed by atoms with Crippen LogP contribution in [0.4, 0.5) is 0 Å². The van der Waals surface area contributed by atoms with E-state index in [1.54, 1.807) is 6.08 Å². The van der Waals surface area contributed by atoms with Crippen LogP contribution in [-0.4, -0.2) is 27.1 Å². The molecule has 6 heteroatoms. The first-order chi connectivity index (χ1) is 7.55. The van der Waals surface area contributed by atoms with Crippen LogP contribution in [0.5, 0.6) is 0 Å². The molecule has 16 heavy (non-hydrogen) atoms. The van der Waals surface area contributed by atoms with Gasteiger partial charge in [-0.1, -0.05) is 6.92 Å². The number of allylic oxidation sites excluding steroid dienone is 1. The molecule has 0 amide bonds. The summed E-state index contributed by atoms with van der Waals surface area (Å²) in [7, 11) is -0.623. The lowest BCUT2D eigenvalue weighted by molar-refractivity contribution is -0.124. The van der Waals surface area contributed by atoms with Gasteiger partial charge >= 0.3 is 7.60 Å². The van der Waals surface area contributed by atoms with Crippen molar-refractivity contribution in [1.82, 2.24) is 0 Å². The van der Waals surface area contributed by atoms with Gasteiger partial charge in [0.25, 0.3) is 0 Å². The van der Waals surface area contributed by atoms with E-state index in [0.717, 1.165) is 6.42 Å². The molecule has 0 aromatic carbocycles. The Morgan fingerprint density at radius 3 is 2.62 bits per heavy atom. The monoisotopic (exact) mass is 250 g/mol. The van der Waals surface area contributed by atoms with Crippen molar-refractivity contribution in [2.75, 3.05) is 20.8 Å². The van der Waals surface area contributed by atoms with E-state index >= 15 is 0 Å². The molecule has 0 saturated heterocycles. The maximum atomic E-state index is 12.1. The smallest absolute Gasteiger partial charge is 0.394 e. The van der Waals surface area contributed by atoms with Crippen LogP contribution in [0.25, 0.3) is 0 Å². The Labute approximate surface area is 96.2 Å². The molecule has 94 valence electrons. The van der Waals surface area contributed by atoms with E-state index in [-0.39, 0.29) is 17.7 Å². The fourth-order valence-corrected chi connectivity index (χ4v) is 2.73. The highest BCUT2D eigenvalue weighted by molar-refractivity contribution is 7.58. The summed E-state index contributed by atoms with van der Waals surface area (Å²) < 4.78 is 32.7. The summed E-state index contributed by atoms with van der Waals surface area (Å²) in [5.41, 5.74) is 0.245. The van der Waals surface area contributed by atoms with Crippen LogP contribution in [0.3, 0.4) is 0 Å². The van der Waals surface area contributed by atoms with Gasteiger partial charge in [0.1, 0.15) is 0 Å². The van der Waals surface area contributed by atoms with Gasteiger partial charge in [-0.3, -0.25) is 4.57 Å². The van der Waals surface area contributed by atoms with E-state index in [0.29, 0.717) is 6.61 Å². The van der Waals surface area contributed by atoms with E-state index in [9.17, 15) is 4.57 Å². The first-order valence-corrected chi connectivity index (χ1v) is 6.82. The fourth-order valence-electron chi connectivity index (χ4n) is 1.54. The first kappa shape index (κ1) is 13.7. The van der Waals surface area contributed by atoms with Gasteiger partial charge in [-0.15, -0.1) is 0 Å². The molecule has 0 unspecified atom stereocenters. The molecule has 1 aliphatic heterocycles. The van der Waals surface area contributed by atoms with Crippen molar-refractivity contribution in [1.29, 1.82) is 0 Å². The van der Waals surface area contributed by atoms with Gasteiger partial charge in [-0.2, -0.15) is 0 Å². The third-order valence-corrected chi connectivity index (χ3v) is 4.10. The molecule has 1 aliphatic rings. The van der Waals surface area contributed by atoms with Crippen molar-refractivity contribution in [2.24, 2.45) is 5.92 Å². The van der Waals surface area contributed by atoms with E-state index < -0.39 is 7.60 Å². The molecule has 0 spiro atoms. The lowest BCUT2D eigenvalue weighted by atomic mass is 10.1. The zero-order valence-electron chi connectivity index (χ0n) is 10.1. The Morgan fingerprint density at radius 2 is 2.12 bits per heavy atom. The van der Waals surface area contributed by atoms with Gasteiger partial charge < -0.3 is 18.5 Å². The van der Waals surface area contributed by atoms with Crippen LogP contribution in [-0.2, 0) is 23.1 Å². The van der Waals surface area contributed by atoms with Crippen LogP contribution in [0.1, 0.15) is 20.3 Å². The second-order valence-electron chi connectivity index (χ2n) is 3.58. The Bertz CT molecular complexity index is 294. The summed E-state index contributed by atoms with van der Waals surface area (Å²) in [5.74, 6) is 0.221. The van der Waals surface area contributed by atoms with Gasteiger partial charge in [-0.25, -0.2) is 0 Å². The van der Waals surface area contributed by atoms with E-state index in [1.165, 1.54) is 14.2 Å². The van der Waals surface area contributed by atoms with Gasteiger partial charge in [0.15, 0.2) is 0 Å². The summed E-state index contributed by atoms with van der Waals surface area (Å²) >= 11 is 0. The minimum absolute atomic E-state index is 0.221. The van der Waals surface area contributed by atoms with Crippen molar-refractivity contribution in [3.05, 3.63) is 11.6 Å². The zero-order chi connectivity index (χ0) is 12.2. The molecule has 0 N–H and O–H groups in total. The molecule has 0 radical (unpaired) electrons. The predicted molar refractivity (Wildman–Crippen MR) is 60.0 cm³/mol. The maximum Gasteiger partial charge on any atom is 0.394 e. The molecule has 0 saturated carbocycles. The average molecular weight is 250 g/mol. The highest BCUT2D eigenvalue weighted by Crippen LogP contribution is 2.57. The molecule has 1 rings (SSSR count). The van der Waals surface area contributed by atoms with Gasteiger partial charge in [0.05, 0.1) is 0 Å². The van der Waals surface area contributed by atoms with E-state index in [1.807, 2.05) is 13.8 Å². The fraction of sp³-hybridized carbons (Fsp3) is 0.800. The topological polar surface area (TPSA) is 54.0 Å². The molecular weight excluding hydrogens is 231 g/mol. The van der Waals surface area contributed by atoms with Crippen molar-refractivity contribution in [3.8, 4) is 0 Å². The standard InChI is InChI=1S/C10H19O5P/c1-5-14-9-6-8(2)7-10(15-9)16(11,12-3)13-4/h7-9H,5-6H2,1-4H3/t8-,9+/m1/s1. The zero-order valence-corrected chi connectivity index (χ0v) is 11.0. The Morgan fingerprint density at radius 1 is 1.50 bits per heavy atom. The van der Waals surface area contributed by atoms with Crippen LogP contribution >= 0.6 is 7.60 Å². The molecule has 0 bridgehead atoms. The summed E-state index contributed by atoms with van der Waals surface area (Å²) in [6, 6.07) is 0. The molecule has 2 atom stereocenters. The number of hydrogen-bond donors (Lipinski definition) is 0. The molecule has 0 fully saturated rings. The van der Waals surface area contributed by atoms with Crippen LogP contribution < -0.4 is 0 Å². The summed E-state index contributed by atoms with van der Waals surface area (Å²) in [6.45, 7) is 4.44. The lowest BCUT2D eigenvalue weighted by Crippen LogP contribution is -2.24. The normalized spacial score (nSPS) is 26.1. The number of rotatable bonds is 5.